The van der Waals surface area contributed by atoms with Crippen molar-refractivity contribution in [2.75, 3.05) is 7.11 Å². The average Bonchev–Trinajstić information content (AvgIpc) is 1.60. The van der Waals surface area contributed by atoms with Gasteiger partial charge in [0.1, 0.15) is 0 Å². The molecule has 0 amide bonds. The summed E-state index contributed by atoms with van der Waals surface area (Å²) in [4.78, 5) is 0. The lowest BCUT2D eigenvalue weighted by molar-refractivity contribution is 0.315. The molecular weight excluding hydrogens is 196 g/mol. The lowest BCUT2D eigenvalue weighted by atomic mass is 11.8. The Kier molecular flexibility index (Phi) is 5.95. The van der Waals surface area contributed by atoms with Crippen molar-refractivity contribution in [1.29, 1.82) is 0 Å². The van der Waals surface area contributed by atoms with Crippen molar-refractivity contribution >= 4 is 27.3 Å². The Labute approximate surface area is 76.9 Å². The van der Waals surface area contributed by atoms with Gasteiger partial charge in [-0.05, 0) is 26.2 Å². The zero-order valence-corrected chi connectivity index (χ0v) is 9.95. The highest BCUT2D eigenvalue weighted by atomic mass is 35.6. The molecule has 0 aromatic rings. The van der Waals surface area contributed by atoms with Crippen LogP contribution in [-0.2, 0) is 8.54 Å². The van der Waals surface area contributed by atoms with E-state index in [1.807, 2.05) is 26.2 Å². The first kappa shape index (κ1) is 14.2. The van der Waals surface area contributed by atoms with E-state index in [0.717, 1.165) is 0 Å². The van der Waals surface area contributed by atoms with Crippen molar-refractivity contribution in [2.45, 2.75) is 33.6 Å². The quantitative estimate of drug-likeness (QED) is 0.532. The number of hydrogen-bond acceptors (Lipinski definition) is 2. The summed E-state index contributed by atoms with van der Waals surface area (Å²) in [6.07, 6.45) is 0. The third-order valence-corrected chi connectivity index (χ3v) is 6.57. The van der Waals surface area contributed by atoms with Crippen LogP contribution in [0, 0.1) is 0 Å². The van der Waals surface area contributed by atoms with Crippen molar-refractivity contribution in [2.24, 2.45) is 0 Å². The van der Waals surface area contributed by atoms with E-state index in [9.17, 15) is 0 Å². The van der Waals surface area contributed by atoms with Crippen molar-refractivity contribution < 1.29 is 8.54 Å². The van der Waals surface area contributed by atoms with Crippen LogP contribution in [0.2, 0.25) is 26.2 Å². The van der Waals surface area contributed by atoms with Gasteiger partial charge in [0.15, 0.2) is 0 Å². The fraction of sp³-hybridized carbons (Fsp3) is 1.00. The Hall–Kier alpha value is 0.644. The molecule has 0 radical (unpaired) electrons. The fourth-order valence-electron chi connectivity index (χ4n) is 0.626. The minimum Gasteiger partial charge on any atom is -0.424 e. The Balaban J connectivity index is 0. The maximum atomic E-state index is 5.97. The number of halogens is 1. The van der Waals surface area contributed by atoms with Gasteiger partial charge in [0.2, 0.25) is 0 Å². The van der Waals surface area contributed by atoms with Crippen molar-refractivity contribution in [1.82, 2.24) is 0 Å². The molecule has 0 N–H and O–H groups in total. The van der Waals surface area contributed by atoms with E-state index in [-0.39, 0.29) is 7.43 Å². The smallest absolute Gasteiger partial charge is 0.321 e. The van der Waals surface area contributed by atoms with Crippen LogP contribution in [0.3, 0.4) is 0 Å². The topological polar surface area (TPSA) is 18.5 Å². The third-order valence-electron chi connectivity index (χ3n) is 0.980. The second-order valence-corrected chi connectivity index (χ2v) is 12.6. The summed E-state index contributed by atoms with van der Waals surface area (Å²) in [7, 11) is -2.12. The van der Waals surface area contributed by atoms with Crippen LogP contribution < -0.4 is 0 Å². The van der Waals surface area contributed by atoms with Crippen LogP contribution in [0.5, 0.6) is 0 Å². The second-order valence-electron chi connectivity index (χ2n) is 3.07. The minimum absolute atomic E-state index is 0. The summed E-state index contributed by atoms with van der Waals surface area (Å²) in [6.45, 7) is 7.87. The van der Waals surface area contributed by atoms with Gasteiger partial charge in [0, 0.05) is 7.11 Å². The molecule has 0 spiro atoms. The molecular formula is C6H19ClO2Si2. The molecule has 0 heterocycles. The molecule has 0 rings (SSSR count). The fourth-order valence-corrected chi connectivity index (χ4v) is 7.31. The molecule has 70 valence electrons. The standard InChI is InChI=1S/C5H15ClO2Si2.CH4/c1-7-10(4,5)8-9(2,3)6;/h1-5H3;1H4. The van der Waals surface area contributed by atoms with Crippen molar-refractivity contribution in [3.05, 3.63) is 0 Å². The normalized spacial score (nSPS) is 12.5. The van der Waals surface area contributed by atoms with Crippen molar-refractivity contribution in [3.8, 4) is 0 Å². The Morgan fingerprint density at radius 3 is 1.55 bits per heavy atom. The SMILES string of the molecule is C.CO[Si](C)(C)O[Si](C)(C)Cl. The summed E-state index contributed by atoms with van der Waals surface area (Å²) in [5.41, 5.74) is 0. The summed E-state index contributed by atoms with van der Waals surface area (Å²) < 4.78 is 10.8. The maximum Gasteiger partial charge on any atom is 0.321 e. The molecule has 0 saturated heterocycles. The molecule has 0 aromatic heterocycles. The van der Waals surface area contributed by atoms with Crippen LogP contribution >= 0.6 is 11.1 Å². The first-order valence-corrected chi connectivity index (χ1v) is 9.95. The Bertz CT molecular complexity index is 112. The molecule has 0 bridgehead atoms. The third kappa shape index (κ3) is 8.55. The van der Waals surface area contributed by atoms with Crippen LogP contribution in [0.4, 0.5) is 0 Å². The molecule has 2 nitrogen and oxygen atoms in total. The number of rotatable bonds is 3. The van der Waals surface area contributed by atoms with Gasteiger partial charge in [0.25, 0.3) is 7.63 Å². The summed E-state index contributed by atoms with van der Waals surface area (Å²) in [5, 5.41) is 0. The van der Waals surface area contributed by atoms with Crippen molar-refractivity contribution in [3.63, 3.8) is 0 Å². The zero-order valence-electron chi connectivity index (χ0n) is 7.19. The lowest BCUT2D eigenvalue weighted by Gasteiger charge is -2.27. The van der Waals surface area contributed by atoms with E-state index in [1.54, 1.807) is 7.11 Å². The Morgan fingerprint density at radius 1 is 1.09 bits per heavy atom. The molecule has 0 aromatic carbocycles. The Morgan fingerprint density at radius 2 is 1.45 bits per heavy atom. The van der Waals surface area contributed by atoms with E-state index in [1.165, 1.54) is 0 Å². The monoisotopic (exact) mass is 214 g/mol. The van der Waals surface area contributed by atoms with E-state index >= 15 is 0 Å². The zero-order chi connectivity index (χ0) is 8.41. The molecule has 0 aliphatic rings. The minimum atomic E-state index is -1.90. The van der Waals surface area contributed by atoms with E-state index in [0.29, 0.717) is 0 Å². The molecule has 0 fully saturated rings. The molecule has 0 atom stereocenters. The molecule has 0 aliphatic heterocycles. The van der Waals surface area contributed by atoms with Gasteiger partial charge in [-0.2, -0.15) is 0 Å². The molecule has 0 unspecified atom stereocenters. The van der Waals surface area contributed by atoms with E-state index in [4.69, 9.17) is 19.6 Å². The second kappa shape index (κ2) is 4.62. The first-order chi connectivity index (χ1) is 4.27. The van der Waals surface area contributed by atoms with Gasteiger partial charge in [-0.15, -0.1) is 11.1 Å². The number of hydrogen-bond donors (Lipinski definition) is 0. The van der Waals surface area contributed by atoms with Gasteiger partial charge < -0.3 is 8.54 Å². The molecule has 0 aliphatic carbocycles. The maximum absolute atomic E-state index is 5.97. The largest absolute Gasteiger partial charge is 0.424 e. The van der Waals surface area contributed by atoms with Gasteiger partial charge in [-0.3, -0.25) is 0 Å². The summed E-state index contributed by atoms with van der Waals surface area (Å²) in [5.74, 6) is 0. The van der Waals surface area contributed by atoms with Gasteiger partial charge in [-0.1, -0.05) is 7.43 Å². The van der Waals surface area contributed by atoms with Crippen LogP contribution in [0.25, 0.3) is 0 Å². The summed E-state index contributed by atoms with van der Waals surface area (Å²) in [6, 6.07) is 0. The predicted molar refractivity (Wildman–Crippen MR) is 55.6 cm³/mol. The van der Waals surface area contributed by atoms with Gasteiger partial charge >= 0.3 is 8.56 Å². The highest BCUT2D eigenvalue weighted by Gasteiger charge is 2.32. The average molecular weight is 215 g/mol. The van der Waals surface area contributed by atoms with Crippen LogP contribution in [-0.4, -0.2) is 23.3 Å². The van der Waals surface area contributed by atoms with Crippen LogP contribution in [0.1, 0.15) is 7.43 Å². The van der Waals surface area contributed by atoms with E-state index in [2.05, 4.69) is 0 Å². The highest BCUT2D eigenvalue weighted by Crippen LogP contribution is 2.17. The predicted octanol–water partition coefficient (Wildman–Crippen LogP) is 2.93. The molecule has 11 heavy (non-hydrogen) atoms. The van der Waals surface area contributed by atoms with E-state index < -0.39 is 16.2 Å². The van der Waals surface area contributed by atoms with Crippen LogP contribution in [0.15, 0.2) is 0 Å². The summed E-state index contributed by atoms with van der Waals surface area (Å²) >= 11 is 5.97. The lowest BCUT2D eigenvalue weighted by Crippen LogP contribution is -2.42. The van der Waals surface area contributed by atoms with Gasteiger partial charge in [0.05, 0.1) is 0 Å². The molecule has 0 saturated carbocycles. The molecule has 5 heteroatoms. The van der Waals surface area contributed by atoms with Gasteiger partial charge in [-0.25, -0.2) is 0 Å². The highest BCUT2D eigenvalue weighted by molar-refractivity contribution is 7.17. The first-order valence-electron chi connectivity index (χ1n) is 3.21.